The van der Waals surface area contributed by atoms with Crippen molar-refractivity contribution in [3.8, 4) is 0 Å². The van der Waals surface area contributed by atoms with Crippen molar-refractivity contribution >= 4 is 10.1 Å². The fourth-order valence-electron chi connectivity index (χ4n) is 0.727. The predicted octanol–water partition coefficient (Wildman–Crippen LogP) is -0.192. The van der Waals surface area contributed by atoms with Gasteiger partial charge in [0.25, 0.3) is 10.1 Å². The molecule has 1 heterocycles. The van der Waals surface area contributed by atoms with Gasteiger partial charge >= 0.3 is 0 Å². The van der Waals surface area contributed by atoms with Gasteiger partial charge in [0.15, 0.2) is 0 Å². The van der Waals surface area contributed by atoms with Crippen LogP contribution >= 0.6 is 0 Å². The van der Waals surface area contributed by atoms with Gasteiger partial charge in [0.2, 0.25) is 0 Å². The number of nitrogens with zero attached hydrogens (tertiary/aromatic N) is 2. The maximum atomic E-state index is 10.3. The number of hydrogen-bond acceptors (Lipinski definition) is 3. The van der Waals surface area contributed by atoms with Gasteiger partial charge in [-0.15, -0.1) is 0 Å². The molecule has 0 aliphatic carbocycles. The molecule has 1 aromatic heterocycles. The van der Waals surface area contributed by atoms with E-state index in [1.807, 2.05) is 0 Å². The highest BCUT2D eigenvalue weighted by atomic mass is 32.2. The van der Waals surface area contributed by atoms with E-state index >= 15 is 0 Å². The SMILES string of the molecule is Cn1ccc(CS(=O)(=O)O)n1. The molecule has 6 heteroatoms. The zero-order valence-corrected chi connectivity index (χ0v) is 6.74. The minimum Gasteiger partial charge on any atom is -0.285 e. The van der Waals surface area contributed by atoms with Crippen LogP contribution in [0.3, 0.4) is 0 Å². The summed E-state index contributed by atoms with van der Waals surface area (Å²) in [4.78, 5) is 0. The molecule has 1 rings (SSSR count). The molecule has 0 aromatic carbocycles. The molecule has 0 bridgehead atoms. The van der Waals surface area contributed by atoms with Crippen LogP contribution in [-0.4, -0.2) is 22.8 Å². The first-order chi connectivity index (χ1) is 4.97. The lowest BCUT2D eigenvalue weighted by atomic mass is 10.5. The fourth-order valence-corrected chi connectivity index (χ4v) is 1.25. The largest absolute Gasteiger partial charge is 0.285 e. The molecule has 1 aromatic rings. The first kappa shape index (κ1) is 8.22. The number of aromatic nitrogens is 2. The van der Waals surface area contributed by atoms with Crippen LogP contribution in [0.5, 0.6) is 0 Å². The molecule has 0 amide bonds. The van der Waals surface area contributed by atoms with Gasteiger partial charge in [0, 0.05) is 13.2 Å². The molecule has 0 atom stereocenters. The van der Waals surface area contributed by atoms with E-state index in [4.69, 9.17) is 4.55 Å². The number of hydrogen-bond donors (Lipinski definition) is 1. The van der Waals surface area contributed by atoms with E-state index in [0.717, 1.165) is 0 Å². The van der Waals surface area contributed by atoms with Gasteiger partial charge in [-0.2, -0.15) is 13.5 Å². The fraction of sp³-hybridized carbons (Fsp3) is 0.400. The minimum atomic E-state index is -3.94. The molecule has 0 spiro atoms. The topological polar surface area (TPSA) is 72.2 Å². The first-order valence-electron chi connectivity index (χ1n) is 2.91. The Morgan fingerprint density at radius 1 is 1.73 bits per heavy atom. The lowest BCUT2D eigenvalue weighted by Crippen LogP contribution is -2.02. The standard InChI is InChI=1S/C5H8N2O3S/c1-7-3-2-5(6-7)4-11(8,9)10/h2-3H,4H2,1H3,(H,8,9,10). The molecule has 11 heavy (non-hydrogen) atoms. The molecular weight excluding hydrogens is 168 g/mol. The van der Waals surface area contributed by atoms with Crippen LogP contribution < -0.4 is 0 Å². The second-order valence-corrected chi connectivity index (χ2v) is 3.66. The van der Waals surface area contributed by atoms with Gasteiger partial charge in [0.1, 0.15) is 5.75 Å². The summed E-state index contributed by atoms with van der Waals surface area (Å²) in [5.74, 6) is -0.423. The zero-order chi connectivity index (χ0) is 8.48. The summed E-state index contributed by atoms with van der Waals surface area (Å²) in [5, 5.41) is 3.77. The van der Waals surface area contributed by atoms with Crippen LogP contribution in [0.1, 0.15) is 5.69 Å². The highest BCUT2D eigenvalue weighted by Crippen LogP contribution is 1.99. The maximum absolute atomic E-state index is 10.3. The summed E-state index contributed by atoms with van der Waals surface area (Å²) < 4.78 is 30.5. The van der Waals surface area contributed by atoms with Gasteiger partial charge in [-0.05, 0) is 6.07 Å². The van der Waals surface area contributed by atoms with E-state index in [0.29, 0.717) is 5.69 Å². The number of aryl methyl sites for hydroxylation is 1. The summed E-state index contributed by atoms with van der Waals surface area (Å²) in [6.07, 6.45) is 1.61. The average molecular weight is 176 g/mol. The van der Waals surface area contributed by atoms with Gasteiger partial charge in [0.05, 0.1) is 5.69 Å². The maximum Gasteiger partial charge on any atom is 0.270 e. The summed E-state index contributed by atoms with van der Waals surface area (Å²) in [7, 11) is -2.27. The van der Waals surface area contributed by atoms with Crippen molar-refractivity contribution in [2.24, 2.45) is 7.05 Å². The van der Waals surface area contributed by atoms with Gasteiger partial charge < -0.3 is 0 Å². The Kier molecular flexibility index (Phi) is 1.97. The highest BCUT2D eigenvalue weighted by molar-refractivity contribution is 7.84. The molecule has 0 saturated carbocycles. The van der Waals surface area contributed by atoms with Crippen LogP contribution in [0.4, 0.5) is 0 Å². The Morgan fingerprint density at radius 2 is 2.36 bits per heavy atom. The minimum absolute atomic E-state index is 0.343. The normalized spacial score (nSPS) is 11.8. The van der Waals surface area contributed by atoms with E-state index < -0.39 is 15.9 Å². The van der Waals surface area contributed by atoms with Crippen LogP contribution in [0.25, 0.3) is 0 Å². The summed E-state index contributed by atoms with van der Waals surface area (Å²) in [6, 6.07) is 1.54. The van der Waals surface area contributed by atoms with Crippen molar-refractivity contribution in [2.45, 2.75) is 5.75 Å². The van der Waals surface area contributed by atoms with Crippen LogP contribution in [0.2, 0.25) is 0 Å². The molecule has 1 N–H and O–H groups in total. The van der Waals surface area contributed by atoms with Crippen molar-refractivity contribution < 1.29 is 13.0 Å². The van der Waals surface area contributed by atoms with Gasteiger partial charge in [-0.25, -0.2) is 0 Å². The summed E-state index contributed by atoms with van der Waals surface area (Å²) in [6.45, 7) is 0. The van der Waals surface area contributed by atoms with Crippen molar-refractivity contribution in [2.75, 3.05) is 0 Å². The van der Waals surface area contributed by atoms with Crippen LogP contribution in [0, 0.1) is 0 Å². The lowest BCUT2D eigenvalue weighted by molar-refractivity contribution is 0.481. The first-order valence-corrected chi connectivity index (χ1v) is 4.52. The van der Waals surface area contributed by atoms with Gasteiger partial charge in [-0.3, -0.25) is 9.23 Å². The Labute approximate surface area is 64.4 Å². The van der Waals surface area contributed by atoms with E-state index in [9.17, 15) is 8.42 Å². The predicted molar refractivity (Wildman–Crippen MR) is 38.5 cm³/mol. The summed E-state index contributed by atoms with van der Waals surface area (Å²) >= 11 is 0. The highest BCUT2D eigenvalue weighted by Gasteiger charge is 2.07. The smallest absolute Gasteiger partial charge is 0.270 e. The third kappa shape index (κ3) is 2.69. The van der Waals surface area contributed by atoms with Crippen LogP contribution in [-0.2, 0) is 22.9 Å². The third-order valence-corrected chi connectivity index (χ3v) is 1.76. The molecule has 0 fully saturated rings. The van der Waals surface area contributed by atoms with Gasteiger partial charge in [-0.1, -0.05) is 0 Å². The molecular formula is C5H8N2O3S. The van der Waals surface area contributed by atoms with E-state index in [1.165, 1.54) is 10.7 Å². The average Bonchev–Trinajstić information content (AvgIpc) is 2.10. The second kappa shape index (κ2) is 2.63. The lowest BCUT2D eigenvalue weighted by Gasteiger charge is -1.90. The quantitative estimate of drug-likeness (QED) is 0.634. The molecule has 0 radical (unpaired) electrons. The van der Waals surface area contributed by atoms with Crippen molar-refractivity contribution in [1.82, 2.24) is 9.78 Å². The van der Waals surface area contributed by atoms with Crippen molar-refractivity contribution in [3.63, 3.8) is 0 Å². The molecule has 0 aliphatic rings. The monoisotopic (exact) mass is 176 g/mol. The van der Waals surface area contributed by atoms with Crippen molar-refractivity contribution in [1.29, 1.82) is 0 Å². The Balaban J connectivity index is 2.81. The molecule has 5 nitrogen and oxygen atoms in total. The molecule has 0 unspecified atom stereocenters. The van der Waals surface area contributed by atoms with E-state index in [-0.39, 0.29) is 0 Å². The molecule has 62 valence electrons. The second-order valence-electron chi connectivity index (χ2n) is 2.21. The zero-order valence-electron chi connectivity index (χ0n) is 5.93. The Bertz CT molecular complexity index is 340. The van der Waals surface area contributed by atoms with Crippen molar-refractivity contribution in [3.05, 3.63) is 18.0 Å². The summed E-state index contributed by atoms with van der Waals surface area (Å²) in [5.41, 5.74) is 0.343. The number of rotatable bonds is 2. The van der Waals surface area contributed by atoms with Crippen LogP contribution in [0.15, 0.2) is 12.3 Å². The molecule has 0 aliphatic heterocycles. The Hall–Kier alpha value is -0.880. The third-order valence-electron chi connectivity index (χ3n) is 1.10. The Morgan fingerprint density at radius 3 is 2.73 bits per heavy atom. The van der Waals surface area contributed by atoms with E-state index in [1.54, 1.807) is 13.2 Å². The van der Waals surface area contributed by atoms with E-state index in [2.05, 4.69) is 5.10 Å². The molecule has 0 saturated heterocycles.